The van der Waals surface area contributed by atoms with Crippen molar-refractivity contribution >= 4 is 34.2 Å². The van der Waals surface area contributed by atoms with E-state index in [1.807, 2.05) is 31.4 Å². The van der Waals surface area contributed by atoms with Crippen LogP contribution in [-0.4, -0.2) is 34.7 Å². The number of nitrogens with two attached hydrogens (primary N) is 1. The Bertz CT molecular complexity index is 1250. The van der Waals surface area contributed by atoms with E-state index in [4.69, 9.17) is 15.2 Å². The predicted octanol–water partition coefficient (Wildman–Crippen LogP) is 3.76. The molecule has 0 fully saturated rings. The highest BCUT2D eigenvalue weighted by Crippen LogP contribution is 2.33. The molecule has 8 nitrogen and oxygen atoms in total. The highest BCUT2D eigenvalue weighted by Gasteiger charge is 2.16. The van der Waals surface area contributed by atoms with E-state index in [1.54, 1.807) is 12.3 Å². The number of methoxy groups -OCH3 is 2. The van der Waals surface area contributed by atoms with Crippen molar-refractivity contribution in [3.8, 4) is 17.0 Å². The van der Waals surface area contributed by atoms with Gasteiger partial charge in [-0.2, -0.15) is 0 Å². The third kappa shape index (κ3) is 3.39. The number of nitrogens with zero attached hydrogens (tertiary/aromatic N) is 3. The number of anilines is 3. The van der Waals surface area contributed by atoms with Gasteiger partial charge < -0.3 is 25.1 Å². The number of ether oxygens (including phenoxy) is 2. The minimum atomic E-state index is -0.536. The fraction of sp³-hybridized carbons (Fsp3) is 0.136. The van der Waals surface area contributed by atoms with Crippen LogP contribution in [0, 0.1) is 0 Å². The second-order valence-corrected chi connectivity index (χ2v) is 6.69. The van der Waals surface area contributed by atoms with E-state index in [0.29, 0.717) is 17.4 Å². The summed E-state index contributed by atoms with van der Waals surface area (Å²) in [4.78, 5) is 20.8. The van der Waals surface area contributed by atoms with E-state index in [2.05, 4.69) is 32.0 Å². The minimum absolute atomic E-state index is 0.227. The summed E-state index contributed by atoms with van der Waals surface area (Å²) < 4.78 is 12.2. The van der Waals surface area contributed by atoms with Gasteiger partial charge in [0.2, 0.25) is 5.95 Å². The Kier molecular flexibility index (Phi) is 4.97. The number of nitrogen functional groups attached to an aromatic ring is 1. The summed E-state index contributed by atoms with van der Waals surface area (Å²) in [5, 5.41) is 4.23. The number of hydrogen-bond acceptors (Lipinski definition) is 7. The van der Waals surface area contributed by atoms with E-state index in [-0.39, 0.29) is 11.3 Å². The van der Waals surface area contributed by atoms with Crippen LogP contribution in [0.25, 0.3) is 22.2 Å². The van der Waals surface area contributed by atoms with Crippen LogP contribution in [-0.2, 0) is 11.8 Å². The van der Waals surface area contributed by atoms with Crippen LogP contribution in [0.3, 0.4) is 0 Å². The number of fused-ring (bicyclic) bond motifs is 1. The molecule has 0 saturated carbocycles. The monoisotopic (exact) mass is 403 g/mol. The van der Waals surface area contributed by atoms with E-state index >= 15 is 0 Å². The Labute approximate surface area is 173 Å². The van der Waals surface area contributed by atoms with Crippen LogP contribution in [0.5, 0.6) is 5.75 Å². The number of rotatable bonds is 5. The SMILES string of the molecule is COC(=O)c1cc(OC)c(Nc2nccc(-c3cn(C)c4ccccc34)n2)cc1N. The first kappa shape index (κ1) is 19.3. The summed E-state index contributed by atoms with van der Waals surface area (Å²) in [6, 6.07) is 13.1. The quantitative estimate of drug-likeness (QED) is 0.386. The molecule has 0 aliphatic rings. The molecule has 30 heavy (non-hydrogen) atoms. The third-order valence-electron chi connectivity index (χ3n) is 4.85. The van der Waals surface area contributed by atoms with Gasteiger partial charge in [-0.1, -0.05) is 18.2 Å². The standard InChI is InChI=1S/C22H21N5O3/c1-27-12-15(13-6-4-5-7-19(13)27)17-8-9-24-22(25-17)26-18-11-16(23)14(21(28)30-3)10-20(18)29-2/h4-12H,23H2,1-3H3,(H,24,25,26). The van der Waals surface area contributed by atoms with Gasteiger partial charge in [0.1, 0.15) is 5.75 Å². The molecule has 4 aromatic rings. The maximum absolute atomic E-state index is 11.9. The number of esters is 1. The molecule has 2 aromatic heterocycles. The second kappa shape index (κ2) is 7.75. The Hall–Kier alpha value is -4.07. The molecular formula is C22H21N5O3. The van der Waals surface area contributed by atoms with Crippen LogP contribution in [0.2, 0.25) is 0 Å². The summed E-state index contributed by atoms with van der Waals surface area (Å²) in [7, 11) is 4.81. The summed E-state index contributed by atoms with van der Waals surface area (Å²) in [6.07, 6.45) is 3.73. The first-order chi connectivity index (χ1) is 14.5. The van der Waals surface area contributed by atoms with Gasteiger partial charge in [-0.15, -0.1) is 0 Å². The maximum atomic E-state index is 11.9. The van der Waals surface area contributed by atoms with Crippen molar-refractivity contribution in [3.05, 3.63) is 60.4 Å². The van der Waals surface area contributed by atoms with Gasteiger partial charge in [0.25, 0.3) is 0 Å². The van der Waals surface area contributed by atoms with E-state index in [9.17, 15) is 4.79 Å². The lowest BCUT2D eigenvalue weighted by Gasteiger charge is -2.13. The number of hydrogen-bond donors (Lipinski definition) is 2. The van der Waals surface area contributed by atoms with Gasteiger partial charge in [-0.05, 0) is 24.3 Å². The second-order valence-electron chi connectivity index (χ2n) is 6.69. The summed E-state index contributed by atoms with van der Waals surface area (Å²) in [5.74, 6) is 0.263. The zero-order valence-corrected chi connectivity index (χ0v) is 16.8. The fourth-order valence-electron chi connectivity index (χ4n) is 3.39. The molecule has 2 aromatic carbocycles. The highest BCUT2D eigenvalue weighted by molar-refractivity contribution is 5.97. The van der Waals surface area contributed by atoms with Gasteiger partial charge in [-0.25, -0.2) is 14.8 Å². The van der Waals surface area contributed by atoms with Crippen LogP contribution in [0.4, 0.5) is 17.3 Å². The molecule has 0 unspecified atom stereocenters. The number of nitrogens with one attached hydrogen (secondary N) is 1. The molecule has 0 amide bonds. The Balaban J connectivity index is 1.72. The molecule has 0 radical (unpaired) electrons. The number of para-hydroxylation sites is 1. The van der Waals surface area contributed by atoms with E-state index in [1.165, 1.54) is 20.3 Å². The molecule has 2 heterocycles. The summed E-state index contributed by atoms with van der Waals surface area (Å²) >= 11 is 0. The topological polar surface area (TPSA) is 104 Å². The van der Waals surface area contributed by atoms with Crippen LogP contribution in [0.15, 0.2) is 54.9 Å². The molecule has 8 heteroatoms. The molecular weight excluding hydrogens is 382 g/mol. The fourth-order valence-corrected chi connectivity index (χ4v) is 3.39. The zero-order valence-electron chi connectivity index (χ0n) is 16.8. The number of benzene rings is 2. The van der Waals surface area contributed by atoms with Crippen molar-refractivity contribution in [2.24, 2.45) is 7.05 Å². The first-order valence-corrected chi connectivity index (χ1v) is 9.22. The van der Waals surface area contributed by atoms with Crippen molar-refractivity contribution in [2.45, 2.75) is 0 Å². The Morgan fingerprint density at radius 1 is 1.17 bits per heavy atom. The van der Waals surface area contributed by atoms with Crippen molar-refractivity contribution in [1.29, 1.82) is 0 Å². The first-order valence-electron chi connectivity index (χ1n) is 9.22. The molecule has 4 rings (SSSR count). The van der Waals surface area contributed by atoms with E-state index < -0.39 is 5.97 Å². The third-order valence-corrected chi connectivity index (χ3v) is 4.85. The maximum Gasteiger partial charge on any atom is 0.340 e. The lowest BCUT2D eigenvalue weighted by Crippen LogP contribution is -2.08. The van der Waals surface area contributed by atoms with Gasteiger partial charge >= 0.3 is 5.97 Å². The molecule has 0 atom stereocenters. The minimum Gasteiger partial charge on any atom is -0.495 e. The van der Waals surface area contributed by atoms with Crippen molar-refractivity contribution < 1.29 is 14.3 Å². The highest BCUT2D eigenvalue weighted by atomic mass is 16.5. The van der Waals surface area contributed by atoms with Crippen LogP contribution >= 0.6 is 0 Å². The van der Waals surface area contributed by atoms with Gasteiger partial charge in [0.05, 0.1) is 31.2 Å². The lowest BCUT2D eigenvalue weighted by molar-refractivity contribution is 0.0601. The zero-order chi connectivity index (χ0) is 21.3. The number of aryl methyl sites for hydroxylation is 1. The number of carbonyl (C=O) groups is 1. The predicted molar refractivity (Wildman–Crippen MR) is 116 cm³/mol. The van der Waals surface area contributed by atoms with E-state index in [0.717, 1.165) is 22.2 Å². The smallest absolute Gasteiger partial charge is 0.340 e. The number of carbonyl (C=O) groups excluding carboxylic acids is 1. The largest absolute Gasteiger partial charge is 0.495 e. The van der Waals surface area contributed by atoms with Crippen LogP contribution < -0.4 is 15.8 Å². The van der Waals surface area contributed by atoms with Gasteiger partial charge in [0.15, 0.2) is 0 Å². The van der Waals surface area contributed by atoms with Crippen molar-refractivity contribution in [3.63, 3.8) is 0 Å². The Morgan fingerprint density at radius 2 is 1.97 bits per heavy atom. The molecule has 0 spiro atoms. The average molecular weight is 403 g/mol. The molecule has 0 saturated heterocycles. The summed E-state index contributed by atoms with van der Waals surface area (Å²) in [6.45, 7) is 0. The molecule has 3 N–H and O–H groups in total. The summed E-state index contributed by atoms with van der Waals surface area (Å²) in [5.41, 5.74) is 9.95. The lowest BCUT2D eigenvalue weighted by atomic mass is 10.1. The number of aromatic nitrogens is 3. The normalized spacial score (nSPS) is 10.8. The Morgan fingerprint density at radius 3 is 2.73 bits per heavy atom. The van der Waals surface area contributed by atoms with Gasteiger partial charge in [-0.3, -0.25) is 0 Å². The molecule has 0 bridgehead atoms. The van der Waals surface area contributed by atoms with Gasteiger partial charge in [0, 0.05) is 41.6 Å². The molecule has 0 aliphatic heterocycles. The molecule has 0 aliphatic carbocycles. The van der Waals surface area contributed by atoms with Crippen molar-refractivity contribution in [2.75, 3.05) is 25.3 Å². The molecule has 152 valence electrons. The van der Waals surface area contributed by atoms with Crippen molar-refractivity contribution in [1.82, 2.24) is 14.5 Å². The van der Waals surface area contributed by atoms with Crippen LogP contribution in [0.1, 0.15) is 10.4 Å². The average Bonchev–Trinajstić information content (AvgIpc) is 3.10.